The lowest BCUT2D eigenvalue weighted by molar-refractivity contribution is -0.127. The number of ether oxygens (including phenoxy) is 1. The smallest absolute Gasteiger partial charge is 0.410 e. The van der Waals surface area contributed by atoms with Gasteiger partial charge in [0.15, 0.2) is 0 Å². The number of benzene rings is 1. The van der Waals surface area contributed by atoms with Crippen LogP contribution in [0.5, 0.6) is 0 Å². The van der Waals surface area contributed by atoms with Gasteiger partial charge in [0.25, 0.3) is 6.43 Å². The molecule has 2 amide bonds. The summed E-state index contributed by atoms with van der Waals surface area (Å²) in [5.41, 5.74) is 3.09. The van der Waals surface area contributed by atoms with Crippen LogP contribution >= 0.6 is 11.3 Å². The Morgan fingerprint density at radius 2 is 1.94 bits per heavy atom. The quantitative estimate of drug-likeness (QED) is 0.699. The molecule has 2 unspecified atom stereocenters. The first-order valence-electron chi connectivity index (χ1n) is 10.2. The Morgan fingerprint density at radius 1 is 1.26 bits per heavy atom. The number of hydrogen-bond donors (Lipinski definition) is 1. The van der Waals surface area contributed by atoms with Crippen molar-refractivity contribution in [2.24, 2.45) is 0 Å². The third-order valence-corrected chi connectivity index (χ3v) is 5.99. The van der Waals surface area contributed by atoms with Crippen molar-refractivity contribution >= 4 is 23.3 Å². The minimum Gasteiger partial charge on any atom is -0.444 e. The Labute approximate surface area is 184 Å². The normalized spacial score (nSPS) is 17.6. The van der Waals surface area contributed by atoms with Gasteiger partial charge in [-0.05, 0) is 51.7 Å². The average molecular weight is 452 g/mol. The molecular weight excluding hydrogens is 424 g/mol. The van der Waals surface area contributed by atoms with Crippen LogP contribution in [0.15, 0.2) is 29.8 Å². The van der Waals surface area contributed by atoms with Crippen LogP contribution in [0, 0.1) is 6.92 Å². The van der Waals surface area contributed by atoms with Crippen molar-refractivity contribution in [1.82, 2.24) is 15.2 Å². The number of rotatable bonds is 5. The highest BCUT2D eigenvalue weighted by atomic mass is 32.1. The maximum absolute atomic E-state index is 13.8. The topological polar surface area (TPSA) is 71.5 Å². The summed E-state index contributed by atoms with van der Waals surface area (Å²) in [6.45, 7) is 7.45. The van der Waals surface area contributed by atoms with Crippen molar-refractivity contribution in [3.8, 4) is 10.4 Å². The molecule has 0 bridgehead atoms. The lowest BCUT2D eigenvalue weighted by atomic mass is 10.0. The van der Waals surface area contributed by atoms with Gasteiger partial charge in [0.05, 0.1) is 16.1 Å². The zero-order valence-corrected chi connectivity index (χ0v) is 18.8. The number of alkyl halides is 2. The van der Waals surface area contributed by atoms with E-state index in [1.807, 2.05) is 6.92 Å². The summed E-state index contributed by atoms with van der Waals surface area (Å²) in [7, 11) is 0. The van der Waals surface area contributed by atoms with Crippen molar-refractivity contribution < 1.29 is 23.1 Å². The van der Waals surface area contributed by atoms with E-state index in [9.17, 15) is 18.4 Å². The van der Waals surface area contributed by atoms with Gasteiger partial charge < -0.3 is 10.1 Å². The van der Waals surface area contributed by atoms with Crippen molar-refractivity contribution in [3.05, 3.63) is 41.0 Å². The van der Waals surface area contributed by atoms with Crippen LogP contribution in [-0.4, -0.2) is 46.5 Å². The SMILES string of the molecule is Cc1ncsc1-c1ccc(C(NC(=O)C2CCCN2C(=O)OC(C)(C)C)C(F)F)cc1. The van der Waals surface area contributed by atoms with E-state index < -0.39 is 36.1 Å². The van der Waals surface area contributed by atoms with E-state index in [-0.39, 0.29) is 0 Å². The van der Waals surface area contributed by atoms with Crippen molar-refractivity contribution in [1.29, 1.82) is 0 Å². The van der Waals surface area contributed by atoms with Gasteiger partial charge in [-0.2, -0.15) is 0 Å². The average Bonchev–Trinajstić information content (AvgIpc) is 3.34. The van der Waals surface area contributed by atoms with E-state index in [1.54, 1.807) is 50.5 Å². The highest BCUT2D eigenvalue weighted by Gasteiger charge is 2.38. The first-order valence-corrected chi connectivity index (χ1v) is 11.0. The van der Waals surface area contributed by atoms with Gasteiger partial charge in [-0.3, -0.25) is 9.69 Å². The molecule has 1 N–H and O–H groups in total. The van der Waals surface area contributed by atoms with Crippen molar-refractivity contribution in [2.75, 3.05) is 6.54 Å². The van der Waals surface area contributed by atoms with E-state index in [4.69, 9.17) is 4.74 Å². The first kappa shape index (κ1) is 23.1. The summed E-state index contributed by atoms with van der Waals surface area (Å²) in [4.78, 5) is 31.7. The molecule has 1 aromatic heterocycles. The summed E-state index contributed by atoms with van der Waals surface area (Å²) in [6, 6.07) is 4.39. The second-order valence-corrected chi connectivity index (χ2v) is 9.40. The van der Waals surface area contributed by atoms with Gasteiger partial charge in [0.2, 0.25) is 5.91 Å². The van der Waals surface area contributed by atoms with Crippen LogP contribution in [0.25, 0.3) is 10.4 Å². The summed E-state index contributed by atoms with van der Waals surface area (Å²) in [5, 5.41) is 2.44. The molecule has 1 aliphatic heterocycles. The Morgan fingerprint density at radius 3 is 2.48 bits per heavy atom. The maximum atomic E-state index is 13.8. The molecule has 9 heteroatoms. The molecule has 1 saturated heterocycles. The summed E-state index contributed by atoms with van der Waals surface area (Å²) in [5.74, 6) is -0.601. The third kappa shape index (κ3) is 5.58. The Balaban J connectivity index is 1.73. The standard InChI is InChI=1S/C22H27F2N3O3S/c1-13-18(31-12-25-13)15-9-7-14(8-10-15)17(19(23)24)26-20(28)16-6-5-11-27(16)21(29)30-22(2,3)4/h7-10,12,16-17,19H,5-6,11H2,1-4H3,(H,26,28). The molecule has 168 valence electrons. The Bertz CT molecular complexity index is 925. The van der Waals surface area contributed by atoms with Gasteiger partial charge >= 0.3 is 6.09 Å². The molecule has 1 aliphatic rings. The summed E-state index contributed by atoms with van der Waals surface area (Å²) >= 11 is 1.48. The number of likely N-dealkylation sites (tertiary alicyclic amines) is 1. The van der Waals surface area contributed by atoms with E-state index in [1.165, 1.54) is 16.2 Å². The van der Waals surface area contributed by atoms with E-state index in [0.29, 0.717) is 24.9 Å². The third-order valence-electron chi connectivity index (χ3n) is 5.01. The first-order chi connectivity index (χ1) is 14.6. The Kier molecular flexibility index (Phi) is 6.93. The van der Waals surface area contributed by atoms with Crippen LogP contribution in [0.4, 0.5) is 13.6 Å². The molecule has 0 spiro atoms. The molecule has 2 heterocycles. The fraction of sp³-hybridized carbons (Fsp3) is 0.500. The van der Waals surface area contributed by atoms with Gasteiger partial charge in [-0.15, -0.1) is 11.3 Å². The number of thiazole rings is 1. The summed E-state index contributed by atoms with van der Waals surface area (Å²) < 4.78 is 33.0. The van der Waals surface area contributed by atoms with Gasteiger partial charge in [0, 0.05) is 6.54 Å². The number of aryl methyl sites for hydroxylation is 1. The zero-order valence-electron chi connectivity index (χ0n) is 18.0. The molecule has 2 atom stereocenters. The monoisotopic (exact) mass is 451 g/mol. The molecule has 6 nitrogen and oxygen atoms in total. The minimum absolute atomic E-state index is 0.302. The van der Waals surface area contributed by atoms with Crippen LogP contribution < -0.4 is 5.32 Å². The van der Waals surface area contributed by atoms with Crippen molar-refractivity contribution in [3.63, 3.8) is 0 Å². The number of nitrogens with zero attached hydrogens (tertiary/aromatic N) is 2. The second kappa shape index (κ2) is 9.30. The molecule has 0 aliphatic carbocycles. The van der Waals surface area contributed by atoms with Crippen molar-refractivity contribution in [2.45, 2.75) is 64.6 Å². The maximum Gasteiger partial charge on any atom is 0.410 e. The summed E-state index contributed by atoms with van der Waals surface area (Å²) in [6.07, 6.45) is -2.39. The highest BCUT2D eigenvalue weighted by Crippen LogP contribution is 2.30. The fourth-order valence-corrected chi connectivity index (χ4v) is 4.35. The highest BCUT2D eigenvalue weighted by molar-refractivity contribution is 7.13. The molecule has 2 aromatic rings. The zero-order chi connectivity index (χ0) is 22.8. The molecule has 31 heavy (non-hydrogen) atoms. The van der Waals surface area contributed by atoms with Gasteiger partial charge in [0.1, 0.15) is 17.7 Å². The molecule has 3 rings (SSSR count). The predicted molar refractivity (Wildman–Crippen MR) is 115 cm³/mol. The number of carbonyl (C=O) groups excluding carboxylic acids is 2. The fourth-order valence-electron chi connectivity index (χ4n) is 3.54. The number of halogens is 2. The minimum atomic E-state index is -2.80. The number of amides is 2. The predicted octanol–water partition coefficient (Wildman–Crippen LogP) is 4.94. The van der Waals surface area contributed by atoms with E-state index in [0.717, 1.165) is 16.1 Å². The van der Waals surface area contributed by atoms with Gasteiger partial charge in [-0.1, -0.05) is 24.3 Å². The number of aromatic nitrogens is 1. The molecule has 0 radical (unpaired) electrons. The number of hydrogen-bond acceptors (Lipinski definition) is 5. The lowest BCUT2D eigenvalue weighted by Crippen LogP contribution is -2.49. The largest absolute Gasteiger partial charge is 0.444 e. The van der Waals surface area contributed by atoms with Crippen LogP contribution in [0.3, 0.4) is 0 Å². The van der Waals surface area contributed by atoms with Gasteiger partial charge in [-0.25, -0.2) is 18.6 Å². The van der Waals surface area contributed by atoms with Crippen LogP contribution in [0.1, 0.15) is 50.9 Å². The molecule has 1 aromatic carbocycles. The van der Waals surface area contributed by atoms with Crippen LogP contribution in [0.2, 0.25) is 0 Å². The molecule has 1 fully saturated rings. The molecule has 0 saturated carbocycles. The molecular formula is C22H27F2N3O3S. The lowest BCUT2D eigenvalue weighted by Gasteiger charge is -2.29. The van der Waals surface area contributed by atoms with E-state index >= 15 is 0 Å². The van der Waals surface area contributed by atoms with E-state index in [2.05, 4.69) is 10.3 Å². The second-order valence-electron chi connectivity index (χ2n) is 8.54. The number of carbonyl (C=O) groups is 2. The number of nitrogens with one attached hydrogen (secondary N) is 1. The Hall–Kier alpha value is -2.55. The van der Waals surface area contributed by atoms with Crippen LogP contribution in [-0.2, 0) is 9.53 Å².